The SMILES string of the molecule is CCCCCOc1cccc2[nH]c(N3CCN(C)CC3)nc12. The number of imidazole rings is 1. The van der Waals surface area contributed by atoms with Crippen LogP contribution in [0.5, 0.6) is 5.75 Å². The molecule has 0 unspecified atom stereocenters. The molecule has 0 atom stereocenters. The zero-order valence-corrected chi connectivity index (χ0v) is 13.6. The highest BCUT2D eigenvalue weighted by molar-refractivity contribution is 5.83. The standard InChI is InChI=1S/C17H26N4O/c1-3-4-5-13-22-15-8-6-7-14-16(15)19-17(18-14)21-11-9-20(2)10-12-21/h6-8H,3-5,9-13H2,1-2H3,(H,18,19). The molecule has 0 saturated carbocycles. The minimum absolute atomic E-state index is 0.768. The lowest BCUT2D eigenvalue weighted by Crippen LogP contribution is -2.44. The van der Waals surface area contributed by atoms with Gasteiger partial charge in [0.2, 0.25) is 5.95 Å². The number of fused-ring (bicyclic) bond motifs is 1. The van der Waals surface area contributed by atoms with Crippen molar-refractivity contribution in [3.05, 3.63) is 18.2 Å². The Balaban J connectivity index is 1.74. The number of benzene rings is 1. The first-order valence-electron chi connectivity index (χ1n) is 8.33. The first-order chi connectivity index (χ1) is 10.8. The smallest absolute Gasteiger partial charge is 0.204 e. The van der Waals surface area contributed by atoms with Gasteiger partial charge in [-0.25, -0.2) is 4.98 Å². The number of rotatable bonds is 6. The van der Waals surface area contributed by atoms with Gasteiger partial charge in [-0.15, -0.1) is 0 Å². The predicted molar refractivity (Wildman–Crippen MR) is 90.8 cm³/mol. The van der Waals surface area contributed by atoms with Gasteiger partial charge in [0.05, 0.1) is 12.1 Å². The number of H-pyrrole nitrogens is 1. The van der Waals surface area contributed by atoms with Crippen LogP contribution < -0.4 is 9.64 Å². The monoisotopic (exact) mass is 302 g/mol. The summed E-state index contributed by atoms with van der Waals surface area (Å²) >= 11 is 0. The number of nitrogens with one attached hydrogen (secondary N) is 1. The molecule has 1 aromatic carbocycles. The average molecular weight is 302 g/mol. The Hall–Kier alpha value is -1.75. The molecule has 5 heteroatoms. The zero-order valence-electron chi connectivity index (χ0n) is 13.6. The van der Waals surface area contributed by atoms with Crippen molar-refractivity contribution in [2.24, 2.45) is 0 Å². The number of unbranched alkanes of at least 4 members (excludes halogenated alkanes) is 2. The topological polar surface area (TPSA) is 44.4 Å². The van der Waals surface area contributed by atoms with Gasteiger partial charge in [0, 0.05) is 26.2 Å². The van der Waals surface area contributed by atoms with Crippen LogP contribution in [0.25, 0.3) is 11.0 Å². The minimum atomic E-state index is 0.768. The Morgan fingerprint density at radius 2 is 2.00 bits per heavy atom. The van der Waals surface area contributed by atoms with E-state index in [9.17, 15) is 0 Å². The number of likely N-dealkylation sites (N-methyl/N-ethyl adjacent to an activating group) is 1. The molecular weight excluding hydrogens is 276 g/mol. The predicted octanol–water partition coefficient (Wildman–Crippen LogP) is 2.88. The Morgan fingerprint density at radius 3 is 2.77 bits per heavy atom. The van der Waals surface area contributed by atoms with Crippen molar-refractivity contribution in [3.8, 4) is 5.75 Å². The van der Waals surface area contributed by atoms with Crippen molar-refractivity contribution in [3.63, 3.8) is 0 Å². The lowest BCUT2D eigenvalue weighted by molar-refractivity contribution is 0.309. The van der Waals surface area contributed by atoms with Gasteiger partial charge in [0.25, 0.3) is 0 Å². The fourth-order valence-corrected chi connectivity index (χ4v) is 2.81. The molecule has 1 fully saturated rings. The third kappa shape index (κ3) is 3.35. The molecule has 120 valence electrons. The first-order valence-corrected chi connectivity index (χ1v) is 8.33. The number of ether oxygens (including phenoxy) is 1. The molecule has 1 aromatic heterocycles. The van der Waals surface area contributed by atoms with Crippen molar-refractivity contribution < 1.29 is 4.74 Å². The Morgan fingerprint density at radius 1 is 1.18 bits per heavy atom. The van der Waals surface area contributed by atoms with E-state index in [4.69, 9.17) is 9.72 Å². The van der Waals surface area contributed by atoms with Crippen LogP contribution in [0.1, 0.15) is 26.2 Å². The second-order valence-corrected chi connectivity index (χ2v) is 6.06. The fourth-order valence-electron chi connectivity index (χ4n) is 2.81. The lowest BCUT2D eigenvalue weighted by atomic mass is 10.2. The van der Waals surface area contributed by atoms with Gasteiger partial charge in [-0.2, -0.15) is 0 Å². The molecule has 1 aliphatic heterocycles. The maximum absolute atomic E-state index is 5.93. The van der Waals surface area contributed by atoms with Crippen LogP contribution in [0, 0.1) is 0 Å². The van der Waals surface area contributed by atoms with Crippen LogP contribution >= 0.6 is 0 Å². The number of hydrogen-bond acceptors (Lipinski definition) is 4. The van der Waals surface area contributed by atoms with E-state index in [1.165, 1.54) is 12.8 Å². The number of aromatic nitrogens is 2. The molecule has 2 heterocycles. The normalized spacial score (nSPS) is 16.4. The summed E-state index contributed by atoms with van der Waals surface area (Å²) in [6, 6.07) is 6.12. The summed E-state index contributed by atoms with van der Waals surface area (Å²) in [5.41, 5.74) is 2.01. The van der Waals surface area contributed by atoms with Gasteiger partial charge < -0.3 is 19.5 Å². The van der Waals surface area contributed by atoms with Gasteiger partial charge in [-0.1, -0.05) is 25.8 Å². The van der Waals surface area contributed by atoms with Gasteiger partial charge in [-0.3, -0.25) is 0 Å². The molecule has 5 nitrogen and oxygen atoms in total. The molecular formula is C17H26N4O. The molecule has 0 spiro atoms. The number of nitrogens with zero attached hydrogens (tertiary/aromatic N) is 3. The quantitative estimate of drug-likeness (QED) is 0.833. The van der Waals surface area contributed by atoms with Crippen LogP contribution in [-0.2, 0) is 0 Å². The van der Waals surface area contributed by atoms with Gasteiger partial charge >= 0.3 is 0 Å². The number of anilines is 1. The highest BCUT2D eigenvalue weighted by Gasteiger charge is 2.18. The highest BCUT2D eigenvalue weighted by Crippen LogP contribution is 2.27. The van der Waals surface area contributed by atoms with Gasteiger partial charge in [-0.05, 0) is 25.6 Å². The summed E-state index contributed by atoms with van der Waals surface area (Å²) in [4.78, 5) is 12.9. The molecule has 22 heavy (non-hydrogen) atoms. The first kappa shape index (κ1) is 15.2. The van der Waals surface area contributed by atoms with Crippen LogP contribution in [0.4, 0.5) is 5.95 Å². The van der Waals surface area contributed by atoms with Crippen LogP contribution in [0.2, 0.25) is 0 Å². The average Bonchev–Trinajstić information content (AvgIpc) is 2.97. The summed E-state index contributed by atoms with van der Waals surface area (Å²) < 4.78 is 5.93. The lowest BCUT2D eigenvalue weighted by Gasteiger charge is -2.32. The molecule has 0 amide bonds. The van der Waals surface area contributed by atoms with E-state index in [1.54, 1.807) is 0 Å². The molecule has 2 aromatic rings. The van der Waals surface area contributed by atoms with E-state index in [0.717, 1.165) is 61.9 Å². The summed E-state index contributed by atoms with van der Waals surface area (Å²) in [7, 11) is 2.16. The van der Waals surface area contributed by atoms with Crippen molar-refractivity contribution >= 4 is 17.0 Å². The summed E-state index contributed by atoms with van der Waals surface area (Å²) in [6.45, 7) is 7.17. The fraction of sp³-hybridized carbons (Fsp3) is 0.588. The second kappa shape index (κ2) is 7.01. The molecule has 1 saturated heterocycles. The maximum atomic E-state index is 5.93. The van der Waals surface area contributed by atoms with Crippen molar-refractivity contribution in [2.45, 2.75) is 26.2 Å². The zero-order chi connectivity index (χ0) is 15.4. The Kier molecular flexibility index (Phi) is 4.83. The van der Waals surface area contributed by atoms with Crippen molar-refractivity contribution in [1.82, 2.24) is 14.9 Å². The summed E-state index contributed by atoms with van der Waals surface area (Å²) in [6.07, 6.45) is 3.52. The number of para-hydroxylation sites is 1. The van der Waals surface area contributed by atoms with Crippen LogP contribution in [0.3, 0.4) is 0 Å². The third-order valence-corrected chi connectivity index (χ3v) is 4.27. The minimum Gasteiger partial charge on any atom is -0.491 e. The van der Waals surface area contributed by atoms with Gasteiger partial charge in [0.15, 0.2) is 0 Å². The van der Waals surface area contributed by atoms with E-state index >= 15 is 0 Å². The van der Waals surface area contributed by atoms with E-state index < -0.39 is 0 Å². The van der Waals surface area contributed by atoms with E-state index in [-0.39, 0.29) is 0 Å². The number of hydrogen-bond donors (Lipinski definition) is 1. The number of aromatic amines is 1. The maximum Gasteiger partial charge on any atom is 0.204 e. The van der Waals surface area contributed by atoms with Crippen molar-refractivity contribution in [2.75, 3.05) is 44.7 Å². The highest BCUT2D eigenvalue weighted by atomic mass is 16.5. The van der Waals surface area contributed by atoms with E-state index in [1.807, 2.05) is 12.1 Å². The van der Waals surface area contributed by atoms with Crippen LogP contribution in [-0.4, -0.2) is 54.7 Å². The Bertz CT molecular complexity index is 602. The molecule has 0 aliphatic carbocycles. The second-order valence-electron chi connectivity index (χ2n) is 6.06. The Labute approximate surface area is 132 Å². The van der Waals surface area contributed by atoms with Crippen molar-refractivity contribution in [1.29, 1.82) is 0 Å². The molecule has 3 rings (SSSR count). The third-order valence-electron chi connectivity index (χ3n) is 4.27. The summed E-state index contributed by atoms with van der Waals surface area (Å²) in [5, 5.41) is 0. The number of piperazine rings is 1. The molecule has 1 aliphatic rings. The molecule has 1 N–H and O–H groups in total. The van der Waals surface area contributed by atoms with E-state index in [0.29, 0.717) is 0 Å². The van der Waals surface area contributed by atoms with Crippen LogP contribution in [0.15, 0.2) is 18.2 Å². The largest absolute Gasteiger partial charge is 0.491 e. The van der Waals surface area contributed by atoms with Gasteiger partial charge in [0.1, 0.15) is 11.3 Å². The summed E-state index contributed by atoms with van der Waals surface area (Å²) in [5.74, 6) is 1.86. The molecule has 0 bridgehead atoms. The van der Waals surface area contributed by atoms with E-state index in [2.05, 4.69) is 34.8 Å². The molecule has 0 radical (unpaired) electrons.